The lowest BCUT2D eigenvalue weighted by Crippen LogP contribution is -2.10. The van der Waals surface area contributed by atoms with Crippen molar-refractivity contribution in [3.8, 4) is 5.75 Å². The molecular formula is C8H9NO3. The van der Waals surface area contributed by atoms with E-state index >= 15 is 0 Å². The van der Waals surface area contributed by atoms with Crippen LogP contribution in [0.15, 0.2) is 18.2 Å². The first-order valence-corrected chi connectivity index (χ1v) is 3.37. The molecule has 12 heavy (non-hydrogen) atoms. The van der Waals surface area contributed by atoms with Crippen LogP contribution < -0.4 is 5.73 Å². The quantitative estimate of drug-likeness (QED) is 0.579. The number of hydrogen-bond acceptors (Lipinski definition) is 3. The molecule has 0 aliphatic carbocycles. The van der Waals surface area contributed by atoms with E-state index in [-0.39, 0.29) is 17.9 Å². The Morgan fingerprint density at radius 3 is 2.58 bits per heavy atom. The highest BCUT2D eigenvalue weighted by molar-refractivity contribution is 5.93. The number of primary amides is 1. The number of carbonyl (C=O) groups excluding carboxylic acids is 1. The summed E-state index contributed by atoms with van der Waals surface area (Å²) in [4.78, 5) is 10.6. The summed E-state index contributed by atoms with van der Waals surface area (Å²) in [6.07, 6.45) is 0. The topological polar surface area (TPSA) is 83.6 Å². The molecule has 64 valence electrons. The number of aliphatic hydroxyl groups is 1. The van der Waals surface area contributed by atoms with Gasteiger partial charge in [-0.15, -0.1) is 0 Å². The second kappa shape index (κ2) is 3.23. The SMILES string of the molecule is NC(=O)c1ccc(CO)c(O)c1. The normalized spacial score (nSPS) is 9.75. The van der Waals surface area contributed by atoms with Gasteiger partial charge >= 0.3 is 0 Å². The van der Waals surface area contributed by atoms with Crippen molar-refractivity contribution in [2.45, 2.75) is 6.61 Å². The van der Waals surface area contributed by atoms with Crippen LogP contribution in [0.2, 0.25) is 0 Å². The third-order valence-electron chi connectivity index (χ3n) is 1.54. The second-order valence-electron chi connectivity index (χ2n) is 2.37. The van der Waals surface area contributed by atoms with Crippen molar-refractivity contribution >= 4 is 5.91 Å². The van der Waals surface area contributed by atoms with E-state index in [9.17, 15) is 9.90 Å². The molecule has 0 aliphatic rings. The highest BCUT2D eigenvalue weighted by atomic mass is 16.3. The molecule has 0 aromatic heterocycles. The first-order valence-electron chi connectivity index (χ1n) is 3.37. The Balaban J connectivity index is 3.10. The van der Waals surface area contributed by atoms with Gasteiger partial charge in [-0.2, -0.15) is 0 Å². The minimum Gasteiger partial charge on any atom is -0.508 e. The molecule has 0 unspecified atom stereocenters. The van der Waals surface area contributed by atoms with Gasteiger partial charge in [0.1, 0.15) is 5.75 Å². The van der Waals surface area contributed by atoms with E-state index in [0.29, 0.717) is 5.56 Å². The molecule has 1 aromatic rings. The molecule has 1 aromatic carbocycles. The summed E-state index contributed by atoms with van der Waals surface area (Å²) in [5.41, 5.74) is 5.56. The van der Waals surface area contributed by atoms with E-state index in [1.807, 2.05) is 0 Å². The Morgan fingerprint density at radius 2 is 2.17 bits per heavy atom. The summed E-state index contributed by atoms with van der Waals surface area (Å²) in [5, 5.41) is 17.8. The zero-order valence-corrected chi connectivity index (χ0v) is 6.32. The molecule has 4 nitrogen and oxygen atoms in total. The highest BCUT2D eigenvalue weighted by Gasteiger charge is 2.04. The number of benzene rings is 1. The van der Waals surface area contributed by atoms with Crippen molar-refractivity contribution in [1.82, 2.24) is 0 Å². The van der Waals surface area contributed by atoms with Crippen LogP contribution in [-0.4, -0.2) is 16.1 Å². The van der Waals surface area contributed by atoms with Gasteiger partial charge in [-0.1, -0.05) is 6.07 Å². The Bertz CT molecular complexity index is 309. The van der Waals surface area contributed by atoms with Gasteiger partial charge in [0.15, 0.2) is 0 Å². The average molecular weight is 167 g/mol. The Morgan fingerprint density at radius 1 is 1.50 bits per heavy atom. The molecule has 1 amide bonds. The number of rotatable bonds is 2. The van der Waals surface area contributed by atoms with Crippen LogP contribution in [0.25, 0.3) is 0 Å². The predicted molar refractivity (Wildman–Crippen MR) is 42.5 cm³/mol. The van der Waals surface area contributed by atoms with Gasteiger partial charge in [-0.25, -0.2) is 0 Å². The van der Waals surface area contributed by atoms with Crippen LogP contribution in [0.4, 0.5) is 0 Å². The molecule has 4 N–H and O–H groups in total. The van der Waals surface area contributed by atoms with E-state index in [1.54, 1.807) is 0 Å². The molecule has 0 fully saturated rings. The highest BCUT2D eigenvalue weighted by Crippen LogP contribution is 2.18. The lowest BCUT2D eigenvalue weighted by Gasteiger charge is -2.01. The van der Waals surface area contributed by atoms with Gasteiger partial charge in [-0.3, -0.25) is 4.79 Å². The number of hydrogen-bond donors (Lipinski definition) is 3. The molecule has 0 heterocycles. The van der Waals surface area contributed by atoms with E-state index in [4.69, 9.17) is 10.8 Å². The monoisotopic (exact) mass is 167 g/mol. The van der Waals surface area contributed by atoms with Crippen molar-refractivity contribution < 1.29 is 15.0 Å². The van der Waals surface area contributed by atoms with Gasteiger partial charge in [0.25, 0.3) is 0 Å². The maximum absolute atomic E-state index is 10.6. The average Bonchev–Trinajstić information content (AvgIpc) is 2.04. The minimum atomic E-state index is -0.602. The molecule has 1 rings (SSSR count). The minimum absolute atomic E-state index is 0.117. The number of carbonyl (C=O) groups is 1. The Hall–Kier alpha value is -1.55. The summed E-state index contributed by atoms with van der Waals surface area (Å²) in [5.74, 6) is -0.719. The lowest BCUT2D eigenvalue weighted by atomic mass is 10.1. The molecular weight excluding hydrogens is 158 g/mol. The maximum Gasteiger partial charge on any atom is 0.248 e. The van der Waals surface area contributed by atoms with Gasteiger partial charge in [0.2, 0.25) is 5.91 Å². The number of amides is 1. The van der Waals surface area contributed by atoms with Crippen molar-refractivity contribution in [3.05, 3.63) is 29.3 Å². The molecule has 0 bridgehead atoms. The number of aliphatic hydroxyl groups excluding tert-OH is 1. The van der Waals surface area contributed by atoms with Crippen molar-refractivity contribution in [2.75, 3.05) is 0 Å². The number of nitrogens with two attached hydrogens (primary N) is 1. The second-order valence-corrected chi connectivity index (χ2v) is 2.37. The van der Waals surface area contributed by atoms with Crippen LogP contribution in [0.1, 0.15) is 15.9 Å². The summed E-state index contributed by atoms with van der Waals surface area (Å²) < 4.78 is 0. The van der Waals surface area contributed by atoms with Gasteiger partial charge in [0.05, 0.1) is 6.61 Å². The molecule has 0 radical (unpaired) electrons. The van der Waals surface area contributed by atoms with Crippen molar-refractivity contribution in [1.29, 1.82) is 0 Å². The molecule has 0 aliphatic heterocycles. The van der Waals surface area contributed by atoms with Crippen LogP contribution in [0.5, 0.6) is 5.75 Å². The first-order chi connectivity index (χ1) is 5.65. The summed E-state index contributed by atoms with van der Waals surface area (Å²) in [6, 6.07) is 4.14. The van der Waals surface area contributed by atoms with Crippen LogP contribution in [0.3, 0.4) is 0 Å². The number of phenols is 1. The smallest absolute Gasteiger partial charge is 0.248 e. The van der Waals surface area contributed by atoms with E-state index < -0.39 is 5.91 Å². The summed E-state index contributed by atoms with van der Waals surface area (Å²) in [6.45, 7) is -0.259. The van der Waals surface area contributed by atoms with E-state index in [2.05, 4.69) is 0 Å². The number of aromatic hydroxyl groups is 1. The van der Waals surface area contributed by atoms with E-state index in [1.165, 1.54) is 18.2 Å². The molecule has 4 heteroatoms. The molecule has 0 spiro atoms. The Labute approximate surface area is 69.3 Å². The largest absolute Gasteiger partial charge is 0.508 e. The summed E-state index contributed by atoms with van der Waals surface area (Å²) in [7, 11) is 0. The zero-order chi connectivity index (χ0) is 9.14. The molecule has 0 saturated heterocycles. The molecule has 0 atom stereocenters. The standard InChI is InChI=1S/C8H9NO3/c9-8(12)5-1-2-6(4-10)7(11)3-5/h1-3,10-11H,4H2,(H2,9,12). The summed E-state index contributed by atoms with van der Waals surface area (Å²) >= 11 is 0. The Kier molecular flexibility index (Phi) is 2.30. The third kappa shape index (κ3) is 1.54. The van der Waals surface area contributed by atoms with Crippen LogP contribution in [0, 0.1) is 0 Å². The van der Waals surface area contributed by atoms with Gasteiger partial charge in [0, 0.05) is 11.1 Å². The fraction of sp³-hybridized carbons (Fsp3) is 0.125. The lowest BCUT2D eigenvalue weighted by molar-refractivity contribution is 0.1000. The maximum atomic E-state index is 10.6. The van der Waals surface area contributed by atoms with Gasteiger partial charge < -0.3 is 15.9 Å². The van der Waals surface area contributed by atoms with Crippen LogP contribution >= 0.6 is 0 Å². The zero-order valence-electron chi connectivity index (χ0n) is 6.32. The van der Waals surface area contributed by atoms with E-state index in [0.717, 1.165) is 0 Å². The molecule has 0 saturated carbocycles. The third-order valence-corrected chi connectivity index (χ3v) is 1.54. The van der Waals surface area contributed by atoms with Crippen LogP contribution in [-0.2, 0) is 6.61 Å². The fourth-order valence-corrected chi connectivity index (χ4v) is 0.851. The van der Waals surface area contributed by atoms with Crippen molar-refractivity contribution in [2.24, 2.45) is 5.73 Å². The predicted octanol–water partition coefficient (Wildman–Crippen LogP) is -0.0166. The van der Waals surface area contributed by atoms with Crippen molar-refractivity contribution in [3.63, 3.8) is 0 Å². The first kappa shape index (κ1) is 8.55. The fourth-order valence-electron chi connectivity index (χ4n) is 0.851. The van der Waals surface area contributed by atoms with Gasteiger partial charge in [-0.05, 0) is 12.1 Å².